The number of rotatable bonds is 2. The summed E-state index contributed by atoms with van der Waals surface area (Å²) < 4.78 is 37.4. The molecule has 0 bridgehead atoms. The summed E-state index contributed by atoms with van der Waals surface area (Å²) in [5, 5.41) is 8.46. The van der Waals surface area contributed by atoms with Gasteiger partial charge in [0.1, 0.15) is 17.2 Å². The highest BCUT2D eigenvalue weighted by Crippen LogP contribution is 2.44. The topological polar surface area (TPSA) is 152 Å². The van der Waals surface area contributed by atoms with Crippen molar-refractivity contribution >= 4 is 34.8 Å². The smallest absolute Gasteiger partial charge is 0.265 e. The molecule has 5 heterocycles. The van der Waals surface area contributed by atoms with Gasteiger partial charge in [0.15, 0.2) is 41.3 Å². The summed E-state index contributed by atoms with van der Waals surface area (Å²) in [5.41, 5.74) is 3.44. The average Bonchev–Trinajstić information content (AvgIpc) is 3.77. The Hall–Kier alpha value is -5.33. The van der Waals surface area contributed by atoms with E-state index >= 15 is 0 Å². The molecule has 13 nitrogen and oxygen atoms in total. The number of anilines is 3. The molecule has 3 amide bonds. The van der Waals surface area contributed by atoms with Crippen LogP contribution in [0.3, 0.4) is 0 Å². The number of ether oxygens (including phenoxy) is 7. The van der Waals surface area contributed by atoms with Gasteiger partial charge >= 0.3 is 0 Å². The second-order valence-corrected chi connectivity index (χ2v) is 12.5. The van der Waals surface area contributed by atoms with E-state index in [1.807, 2.05) is 13.0 Å². The van der Waals surface area contributed by atoms with Crippen LogP contribution in [0.15, 0.2) is 42.5 Å². The molecule has 3 atom stereocenters. The standard InChI is InChI=1S/C15H19NO2.C11H11NO4.C10H9NO4/c1-10-15(17)16-13-9-12(7-8-14(13)18-10)11-5-3-2-4-6-11;1-2-7-11(13)12-6-3-9-10(15-5-14-9)4-8(6)16-7;1-5-10(12)11-6-2-8-9(14-4-13-8)3-7(6)15-5/h7-11H,2-6H2,1H3,(H,16,17);3-4,7H,2,5H2,1H3,(H,12,13);2-3,5H,4H2,1H3,(H,11,12). The van der Waals surface area contributed by atoms with Crippen LogP contribution >= 0.6 is 0 Å². The van der Waals surface area contributed by atoms with Gasteiger partial charge in [0.05, 0.1) is 17.1 Å². The highest BCUT2D eigenvalue weighted by atomic mass is 16.7. The fourth-order valence-electron chi connectivity index (χ4n) is 6.32. The molecule has 3 aromatic carbocycles. The van der Waals surface area contributed by atoms with E-state index in [4.69, 9.17) is 33.2 Å². The maximum Gasteiger partial charge on any atom is 0.265 e. The molecule has 3 N–H and O–H groups in total. The molecule has 49 heavy (non-hydrogen) atoms. The number of carbonyl (C=O) groups is 3. The SMILES string of the molecule is CC1Oc2cc3c(cc2NC1=O)OCO3.CC1Oc2ccc(C3CCCCC3)cc2NC1=O.CCC1Oc2cc3c(cc2NC1=O)OCO3. The number of benzene rings is 3. The molecule has 6 aliphatic rings. The van der Waals surface area contributed by atoms with E-state index < -0.39 is 18.3 Å². The second kappa shape index (κ2) is 13.7. The Labute approximate surface area is 283 Å². The molecule has 0 spiro atoms. The van der Waals surface area contributed by atoms with Crippen molar-refractivity contribution in [3.63, 3.8) is 0 Å². The molecule has 3 unspecified atom stereocenters. The lowest BCUT2D eigenvalue weighted by Gasteiger charge is -2.26. The van der Waals surface area contributed by atoms with Gasteiger partial charge in [-0.15, -0.1) is 0 Å². The van der Waals surface area contributed by atoms with Gasteiger partial charge in [0.25, 0.3) is 17.7 Å². The largest absolute Gasteiger partial charge is 0.479 e. The van der Waals surface area contributed by atoms with Gasteiger partial charge in [-0.1, -0.05) is 32.3 Å². The fraction of sp³-hybridized carbons (Fsp3) is 0.417. The molecule has 13 heteroatoms. The van der Waals surface area contributed by atoms with Crippen LogP contribution in [0.1, 0.15) is 70.8 Å². The molecule has 258 valence electrons. The predicted octanol–water partition coefficient (Wildman–Crippen LogP) is 6.11. The van der Waals surface area contributed by atoms with Crippen molar-refractivity contribution in [3.8, 4) is 40.2 Å². The first-order valence-corrected chi connectivity index (χ1v) is 16.7. The number of carbonyl (C=O) groups excluding carboxylic acids is 3. The summed E-state index contributed by atoms with van der Waals surface area (Å²) >= 11 is 0. The Balaban J connectivity index is 0.000000116. The molecule has 0 saturated heterocycles. The number of nitrogens with one attached hydrogen (secondary N) is 3. The maximum absolute atomic E-state index is 11.6. The molecule has 0 aromatic heterocycles. The Kier molecular flexibility index (Phi) is 8.98. The van der Waals surface area contributed by atoms with Crippen LogP contribution < -0.4 is 49.1 Å². The molecule has 1 saturated carbocycles. The first kappa shape index (κ1) is 32.2. The molecule has 5 aliphatic heterocycles. The first-order chi connectivity index (χ1) is 23.7. The van der Waals surface area contributed by atoms with Crippen molar-refractivity contribution < 1.29 is 47.5 Å². The lowest BCUT2D eigenvalue weighted by molar-refractivity contribution is -0.124. The summed E-state index contributed by atoms with van der Waals surface area (Å²) in [6, 6.07) is 13.2. The van der Waals surface area contributed by atoms with Crippen molar-refractivity contribution in [2.45, 2.75) is 83.5 Å². The second-order valence-electron chi connectivity index (χ2n) is 12.5. The number of fused-ring (bicyclic) bond motifs is 5. The van der Waals surface area contributed by atoms with E-state index in [2.05, 4.69) is 28.1 Å². The van der Waals surface area contributed by atoms with Crippen LogP contribution in [0.25, 0.3) is 0 Å². The van der Waals surface area contributed by atoms with Gasteiger partial charge < -0.3 is 49.1 Å². The third kappa shape index (κ3) is 6.83. The lowest BCUT2D eigenvalue weighted by atomic mass is 9.84. The molecule has 0 radical (unpaired) electrons. The Morgan fingerprint density at radius 2 is 1.06 bits per heavy atom. The van der Waals surface area contributed by atoms with Gasteiger partial charge in [-0.25, -0.2) is 0 Å². The van der Waals surface area contributed by atoms with Gasteiger partial charge in [-0.2, -0.15) is 0 Å². The number of hydrogen-bond acceptors (Lipinski definition) is 10. The minimum Gasteiger partial charge on any atom is -0.479 e. The van der Waals surface area contributed by atoms with Crippen molar-refractivity contribution in [2.24, 2.45) is 0 Å². The van der Waals surface area contributed by atoms with Crippen LogP contribution in [0.4, 0.5) is 17.1 Å². The lowest BCUT2D eigenvalue weighted by Crippen LogP contribution is -2.36. The predicted molar refractivity (Wildman–Crippen MR) is 178 cm³/mol. The van der Waals surface area contributed by atoms with E-state index in [1.54, 1.807) is 38.1 Å². The Bertz CT molecular complexity index is 1770. The van der Waals surface area contributed by atoms with Crippen LogP contribution in [-0.2, 0) is 14.4 Å². The van der Waals surface area contributed by atoms with Crippen molar-refractivity contribution in [2.75, 3.05) is 29.5 Å². The Morgan fingerprint density at radius 3 is 1.63 bits per heavy atom. The van der Waals surface area contributed by atoms with E-state index in [-0.39, 0.29) is 31.3 Å². The maximum atomic E-state index is 11.6. The molecule has 1 fully saturated rings. The fourth-order valence-corrected chi connectivity index (χ4v) is 6.32. The third-order valence-corrected chi connectivity index (χ3v) is 9.08. The molecule has 3 aromatic rings. The summed E-state index contributed by atoms with van der Waals surface area (Å²) in [6.45, 7) is 5.80. The summed E-state index contributed by atoms with van der Waals surface area (Å²) in [7, 11) is 0. The molecular formula is C36H39N3O10. The normalized spacial score (nSPS) is 22.3. The third-order valence-electron chi connectivity index (χ3n) is 9.08. The molecular weight excluding hydrogens is 634 g/mol. The quantitative estimate of drug-likeness (QED) is 0.291. The van der Waals surface area contributed by atoms with Crippen LogP contribution in [-0.4, -0.2) is 49.6 Å². The molecule has 9 rings (SSSR count). The Morgan fingerprint density at radius 1 is 0.571 bits per heavy atom. The molecule has 1 aliphatic carbocycles. The first-order valence-electron chi connectivity index (χ1n) is 16.7. The summed E-state index contributed by atoms with van der Waals surface area (Å²) in [4.78, 5) is 34.5. The summed E-state index contributed by atoms with van der Waals surface area (Å²) in [6.07, 6.45) is 5.89. The average molecular weight is 674 g/mol. The minimum atomic E-state index is -0.474. The van der Waals surface area contributed by atoms with Crippen molar-refractivity contribution in [1.82, 2.24) is 0 Å². The minimum absolute atomic E-state index is 0.0525. The van der Waals surface area contributed by atoms with E-state index in [9.17, 15) is 14.4 Å². The van der Waals surface area contributed by atoms with Gasteiger partial charge in [0, 0.05) is 24.3 Å². The van der Waals surface area contributed by atoms with Crippen LogP contribution in [0.5, 0.6) is 40.2 Å². The highest BCUT2D eigenvalue weighted by Gasteiger charge is 2.30. The number of amides is 3. The van der Waals surface area contributed by atoms with Crippen molar-refractivity contribution in [1.29, 1.82) is 0 Å². The number of hydrogen-bond donors (Lipinski definition) is 3. The monoisotopic (exact) mass is 673 g/mol. The van der Waals surface area contributed by atoms with E-state index in [1.165, 1.54) is 37.7 Å². The van der Waals surface area contributed by atoms with E-state index in [0.717, 1.165) is 11.4 Å². The zero-order valence-electron chi connectivity index (χ0n) is 27.6. The zero-order chi connectivity index (χ0) is 34.1. The van der Waals surface area contributed by atoms with Gasteiger partial charge in [-0.05, 0) is 56.7 Å². The highest BCUT2D eigenvalue weighted by molar-refractivity contribution is 5.99. The van der Waals surface area contributed by atoms with Crippen LogP contribution in [0.2, 0.25) is 0 Å². The van der Waals surface area contributed by atoms with Crippen molar-refractivity contribution in [3.05, 3.63) is 48.0 Å². The van der Waals surface area contributed by atoms with Gasteiger partial charge in [-0.3, -0.25) is 14.4 Å². The van der Waals surface area contributed by atoms with Crippen LogP contribution in [0, 0.1) is 0 Å². The summed E-state index contributed by atoms with van der Waals surface area (Å²) in [5.74, 6) is 4.95. The zero-order valence-corrected chi connectivity index (χ0v) is 27.6. The van der Waals surface area contributed by atoms with Gasteiger partial charge in [0.2, 0.25) is 13.6 Å². The van der Waals surface area contributed by atoms with E-state index in [0.29, 0.717) is 58.2 Å².